The fraction of sp³-hybridized carbons (Fsp3) is 0.667. The van der Waals surface area contributed by atoms with E-state index in [0.29, 0.717) is 37.3 Å². The first-order chi connectivity index (χ1) is 8.69. The minimum absolute atomic E-state index is 0.0606. The molecule has 102 valence electrons. The highest BCUT2D eigenvalue weighted by Gasteiger charge is 2.08. The molecule has 0 saturated carbocycles. The fourth-order valence-electron chi connectivity index (χ4n) is 1.39. The van der Waals surface area contributed by atoms with E-state index in [1.807, 2.05) is 13.8 Å². The number of hydrogen-bond donors (Lipinski definition) is 1. The molecule has 1 atom stereocenters. The van der Waals surface area contributed by atoms with E-state index in [4.69, 9.17) is 14.2 Å². The van der Waals surface area contributed by atoms with Crippen LogP contribution in [0.4, 0.5) is 5.82 Å². The normalized spacial score (nSPS) is 12.2. The van der Waals surface area contributed by atoms with Crippen LogP contribution in [0.25, 0.3) is 0 Å². The monoisotopic (exact) mass is 255 g/mol. The van der Waals surface area contributed by atoms with Crippen molar-refractivity contribution in [3.05, 3.63) is 11.9 Å². The molecule has 0 bridgehead atoms. The average Bonchev–Trinajstić information content (AvgIpc) is 2.36. The molecular formula is C12H21N3O3. The molecule has 18 heavy (non-hydrogen) atoms. The number of hydrogen-bond acceptors (Lipinski definition) is 6. The van der Waals surface area contributed by atoms with Gasteiger partial charge in [-0.15, -0.1) is 0 Å². The summed E-state index contributed by atoms with van der Waals surface area (Å²) in [5, 5.41) is 2.97. The van der Waals surface area contributed by atoms with Crippen LogP contribution in [0.2, 0.25) is 0 Å². The fourth-order valence-corrected chi connectivity index (χ4v) is 1.39. The van der Waals surface area contributed by atoms with Crippen LogP contribution in [0.15, 0.2) is 6.07 Å². The number of aromatic nitrogens is 2. The molecule has 0 spiro atoms. The number of anilines is 1. The highest BCUT2D eigenvalue weighted by molar-refractivity contribution is 5.37. The van der Waals surface area contributed by atoms with Crippen LogP contribution >= 0.6 is 0 Å². The van der Waals surface area contributed by atoms with Gasteiger partial charge in [0.05, 0.1) is 6.61 Å². The van der Waals surface area contributed by atoms with Crippen molar-refractivity contribution < 1.29 is 14.2 Å². The quantitative estimate of drug-likeness (QED) is 0.759. The van der Waals surface area contributed by atoms with Gasteiger partial charge in [-0.25, -0.2) is 4.98 Å². The first kappa shape index (κ1) is 14.7. The van der Waals surface area contributed by atoms with Crippen molar-refractivity contribution in [2.75, 3.05) is 32.7 Å². The van der Waals surface area contributed by atoms with E-state index in [9.17, 15) is 0 Å². The molecule has 6 heteroatoms. The highest BCUT2D eigenvalue weighted by Crippen LogP contribution is 2.15. The van der Waals surface area contributed by atoms with Crippen LogP contribution in [0, 0.1) is 0 Å². The topological polar surface area (TPSA) is 65.5 Å². The van der Waals surface area contributed by atoms with Gasteiger partial charge < -0.3 is 19.5 Å². The summed E-state index contributed by atoms with van der Waals surface area (Å²) in [4.78, 5) is 8.57. The van der Waals surface area contributed by atoms with E-state index in [1.165, 1.54) is 0 Å². The number of nitrogens with one attached hydrogen (secondary N) is 1. The first-order valence-electron chi connectivity index (χ1n) is 5.98. The summed E-state index contributed by atoms with van der Waals surface area (Å²) in [6.07, 6.45) is -0.0606. The number of rotatable bonds is 8. The maximum Gasteiger partial charge on any atom is 0.219 e. The lowest BCUT2D eigenvalue weighted by Crippen LogP contribution is -2.19. The third kappa shape index (κ3) is 4.85. The average molecular weight is 255 g/mol. The summed E-state index contributed by atoms with van der Waals surface area (Å²) >= 11 is 0. The van der Waals surface area contributed by atoms with E-state index in [1.54, 1.807) is 20.2 Å². The van der Waals surface area contributed by atoms with Crippen molar-refractivity contribution >= 4 is 5.82 Å². The zero-order valence-electron chi connectivity index (χ0n) is 11.4. The van der Waals surface area contributed by atoms with E-state index < -0.39 is 0 Å². The molecule has 0 radical (unpaired) electrons. The summed E-state index contributed by atoms with van der Waals surface area (Å²) in [6.45, 7) is 5.37. The van der Waals surface area contributed by atoms with E-state index in [-0.39, 0.29) is 6.10 Å². The Hall–Kier alpha value is -1.40. The second kappa shape index (κ2) is 7.84. The van der Waals surface area contributed by atoms with Gasteiger partial charge in [-0.05, 0) is 13.8 Å². The Kier molecular flexibility index (Phi) is 6.38. The molecule has 0 aliphatic rings. The predicted octanol–water partition coefficient (Wildman–Crippen LogP) is 1.47. The van der Waals surface area contributed by atoms with Gasteiger partial charge in [0.1, 0.15) is 18.5 Å². The molecule has 0 fully saturated rings. The minimum Gasteiger partial charge on any atom is -0.472 e. The van der Waals surface area contributed by atoms with Gasteiger partial charge in [0.2, 0.25) is 5.88 Å². The Labute approximate surface area is 108 Å². The highest BCUT2D eigenvalue weighted by atomic mass is 16.5. The standard InChI is InChI=1S/C12H21N3O3/c1-5-17-8-11-14-10(13-3)6-12(15-11)18-9(2)7-16-4/h6,9H,5,7-8H2,1-4H3,(H,13,14,15). The zero-order chi connectivity index (χ0) is 13.4. The lowest BCUT2D eigenvalue weighted by Gasteiger charge is -2.14. The minimum atomic E-state index is -0.0606. The maximum atomic E-state index is 5.65. The number of nitrogens with zero attached hydrogens (tertiary/aromatic N) is 2. The van der Waals surface area contributed by atoms with Crippen LogP contribution in [-0.4, -0.2) is 43.4 Å². The molecule has 0 aromatic carbocycles. The van der Waals surface area contributed by atoms with Gasteiger partial charge in [-0.1, -0.05) is 0 Å². The lowest BCUT2D eigenvalue weighted by atomic mass is 10.4. The van der Waals surface area contributed by atoms with Crippen LogP contribution in [0.3, 0.4) is 0 Å². The molecule has 1 rings (SSSR count). The SMILES string of the molecule is CCOCc1nc(NC)cc(OC(C)COC)n1. The Morgan fingerprint density at radius 3 is 2.78 bits per heavy atom. The smallest absolute Gasteiger partial charge is 0.219 e. The van der Waals surface area contributed by atoms with Crippen LogP contribution in [-0.2, 0) is 16.1 Å². The molecule has 0 saturated heterocycles. The summed E-state index contributed by atoms with van der Waals surface area (Å²) in [5.41, 5.74) is 0. The third-order valence-corrected chi connectivity index (χ3v) is 2.16. The van der Waals surface area contributed by atoms with Crippen molar-refractivity contribution in [3.63, 3.8) is 0 Å². The van der Waals surface area contributed by atoms with Gasteiger partial charge in [-0.2, -0.15) is 4.98 Å². The number of methoxy groups -OCH3 is 1. The van der Waals surface area contributed by atoms with Crippen LogP contribution < -0.4 is 10.1 Å². The molecule has 1 unspecified atom stereocenters. The van der Waals surface area contributed by atoms with E-state index in [0.717, 1.165) is 0 Å². The van der Waals surface area contributed by atoms with Crippen molar-refractivity contribution in [1.82, 2.24) is 9.97 Å². The lowest BCUT2D eigenvalue weighted by molar-refractivity contribution is 0.0874. The van der Waals surface area contributed by atoms with Gasteiger partial charge >= 0.3 is 0 Å². The van der Waals surface area contributed by atoms with Gasteiger partial charge in [0.25, 0.3) is 0 Å². The molecule has 6 nitrogen and oxygen atoms in total. The second-order valence-corrected chi connectivity index (χ2v) is 3.78. The van der Waals surface area contributed by atoms with Gasteiger partial charge in [0.15, 0.2) is 5.82 Å². The Balaban J connectivity index is 2.76. The van der Waals surface area contributed by atoms with Crippen molar-refractivity contribution in [3.8, 4) is 5.88 Å². The van der Waals surface area contributed by atoms with Gasteiger partial charge in [-0.3, -0.25) is 0 Å². The summed E-state index contributed by atoms with van der Waals surface area (Å²) < 4.78 is 16.0. The Bertz CT molecular complexity index is 360. The Morgan fingerprint density at radius 2 is 2.17 bits per heavy atom. The molecule has 0 aliphatic heterocycles. The largest absolute Gasteiger partial charge is 0.472 e. The van der Waals surface area contributed by atoms with Crippen LogP contribution in [0.5, 0.6) is 5.88 Å². The summed E-state index contributed by atoms with van der Waals surface area (Å²) in [5.74, 6) is 1.83. The number of ether oxygens (including phenoxy) is 3. The van der Waals surface area contributed by atoms with Crippen molar-refractivity contribution in [1.29, 1.82) is 0 Å². The second-order valence-electron chi connectivity index (χ2n) is 3.78. The molecule has 0 aliphatic carbocycles. The molecule has 1 aromatic heterocycles. The molecule has 1 aromatic rings. The van der Waals surface area contributed by atoms with Crippen molar-refractivity contribution in [2.24, 2.45) is 0 Å². The van der Waals surface area contributed by atoms with E-state index >= 15 is 0 Å². The van der Waals surface area contributed by atoms with Gasteiger partial charge in [0, 0.05) is 26.8 Å². The summed E-state index contributed by atoms with van der Waals surface area (Å²) in [7, 11) is 3.44. The zero-order valence-corrected chi connectivity index (χ0v) is 11.4. The molecule has 1 heterocycles. The summed E-state index contributed by atoms with van der Waals surface area (Å²) in [6, 6.07) is 1.75. The van der Waals surface area contributed by atoms with E-state index in [2.05, 4.69) is 15.3 Å². The Morgan fingerprint density at radius 1 is 1.39 bits per heavy atom. The molecule has 1 N–H and O–H groups in total. The van der Waals surface area contributed by atoms with Crippen LogP contribution in [0.1, 0.15) is 19.7 Å². The first-order valence-corrected chi connectivity index (χ1v) is 5.98. The maximum absolute atomic E-state index is 5.65. The molecule has 0 amide bonds. The van der Waals surface area contributed by atoms with Crippen molar-refractivity contribution in [2.45, 2.75) is 26.6 Å². The predicted molar refractivity (Wildman–Crippen MR) is 68.9 cm³/mol. The third-order valence-electron chi connectivity index (χ3n) is 2.16. The molecular weight excluding hydrogens is 234 g/mol.